The number of rotatable bonds is 3. The Kier molecular flexibility index (Phi) is 3.83. The monoisotopic (exact) mass is 293 g/mol. The summed E-state index contributed by atoms with van der Waals surface area (Å²) in [6.07, 6.45) is 1.66. The Bertz CT molecular complexity index is 839. The maximum absolute atomic E-state index is 12.9. The molecule has 110 valence electrons. The minimum atomic E-state index is -0.253. The molecule has 3 nitrogen and oxygen atoms in total. The number of hydrogen-bond donors (Lipinski definition) is 1. The first-order valence-corrected chi connectivity index (χ1v) is 7.04. The first-order chi connectivity index (χ1) is 10.6. The second-order valence-electron chi connectivity index (χ2n) is 5.25. The molecular weight excluding hydrogens is 277 g/mol. The average molecular weight is 293 g/mol. The molecule has 0 aliphatic carbocycles. The van der Waals surface area contributed by atoms with Crippen LogP contribution in [0.1, 0.15) is 16.8 Å². The van der Waals surface area contributed by atoms with Crippen molar-refractivity contribution in [1.82, 2.24) is 4.98 Å². The quantitative estimate of drug-likeness (QED) is 0.572. The Morgan fingerprint density at radius 2 is 1.82 bits per heavy atom. The van der Waals surface area contributed by atoms with Crippen LogP contribution in [0.3, 0.4) is 0 Å². The third-order valence-corrected chi connectivity index (χ3v) is 3.36. The number of nitrogens with one attached hydrogen (secondary N) is 1. The van der Waals surface area contributed by atoms with E-state index >= 15 is 0 Å². The molecule has 0 spiro atoms. The van der Waals surface area contributed by atoms with Crippen LogP contribution in [0.5, 0.6) is 0 Å². The zero-order valence-electron chi connectivity index (χ0n) is 12.5. The summed E-state index contributed by atoms with van der Waals surface area (Å²) in [7, 11) is 0. The van der Waals surface area contributed by atoms with Crippen molar-refractivity contribution in [2.45, 2.75) is 13.8 Å². The molecule has 4 heteroatoms. The third kappa shape index (κ3) is 3.11. The summed E-state index contributed by atoms with van der Waals surface area (Å²) in [5, 5.41) is 5.27. The van der Waals surface area contributed by atoms with E-state index in [1.807, 2.05) is 32.0 Å². The normalized spacial score (nSPS) is 11.2. The van der Waals surface area contributed by atoms with Gasteiger partial charge in [-0.3, -0.25) is 10.4 Å². The van der Waals surface area contributed by atoms with E-state index in [0.717, 1.165) is 27.8 Å². The molecule has 0 radical (unpaired) electrons. The fourth-order valence-electron chi connectivity index (χ4n) is 2.29. The van der Waals surface area contributed by atoms with E-state index < -0.39 is 0 Å². The summed E-state index contributed by atoms with van der Waals surface area (Å²) >= 11 is 0. The van der Waals surface area contributed by atoms with Crippen LogP contribution in [-0.2, 0) is 0 Å². The molecule has 0 aliphatic heterocycles. The van der Waals surface area contributed by atoms with Gasteiger partial charge in [0.1, 0.15) is 5.82 Å². The zero-order chi connectivity index (χ0) is 15.5. The van der Waals surface area contributed by atoms with Gasteiger partial charge in [-0.05, 0) is 49.7 Å². The first kappa shape index (κ1) is 14.2. The van der Waals surface area contributed by atoms with Crippen LogP contribution in [-0.4, -0.2) is 11.2 Å². The van der Waals surface area contributed by atoms with Crippen LogP contribution in [0.4, 0.5) is 10.1 Å². The first-order valence-electron chi connectivity index (χ1n) is 7.04. The van der Waals surface area contributed by atoms with Crippen molar-refractivity contribution >= 4 is 22.8 Å². The van der Waals surface area contributed by atoms with Crippen molar-refractivity contribution in [3.63, 3.8) is 0 Å². The van der Waals surface area contributed by atoms with Gasteiger partial charge in [-0.15, -0.1) is 0 Å². The highest BCUT2D eigenvalue weighted by atomic mass is 19.1. The van der Waals surface area contributed by atoms with E-state index in [-0.39, 0.29) is 5.82 Å². The number of aromatic nitrogens is 1. The molecule has 0 bridgehead atoms. The number of pyridine rings is 1. The van der Waals surface area contributed by atoms with E-state index in [9.17, 15) is 4.39 Å². The number of halogens is 1. The molecule has 0 unspecified atom stereocenters. The summed E-state index contributed by atoms with van der Waals surface area (Å²) in [5.41, 5.74) is 7.83. The third-order valence-electron chi connectivity index (χ3n) is 3.36. The van der Waals surface area contributed by atoms with Gasteiger partial charge < -0.3 is 0 Å². The predicted octanol–water partition coefficient (Wildman–Crippen LogP) is 4.44. The van der Waals surface area contributed by atoms with E-state index in [0.29, 0.717) is 0 Å². The zero-order valence-corrected chi connectivity index (χ0v) is 12.5. The molecule has 3 aromatic rings. The highest BCUT2D eigenvalue weighted by Crippen LogP contribution is 2.24. The minimum Gasteiger partial charge on any atom is -0.278 e. The second-order valence-corrected chi connectivity index (χ2v) is 5.25. The van der Waals surface area contributed by atoms with Gasteiger partial charge in [0.2, 0.25) is 0 Å². The number of hydrogen-bond acceptors (Lipinski definition) is 3. The van der Waals surface area contributed by atoms with Crippen LogP contribution < -0.4 is 5.43 Å². The lowest BCUT2D eigenvalue weighted by Gasteiger charge is -2.08. The summed E-state index contributed by atoms with van der Waals surface area (Å²) in [6.45, 7) is 4.00. The molecule has 2 aromatic carbocycles. The maximum atomic E-state index is 12.9. The molecule has 0 atom stereocenters. The van der Waals surface area contributed by atoms with Gasteiger partial charge in [0.05, 0.1) is 17.4 Å². The Morgan fingerprint density at radius 1 is 1.05 bits per heavy atom. The molecule has 1 N–H and O–H groups in total. The molecule has 0 aliphatic rings. The molecule has 22 heavy (non-hydrogen) atoms. The smallest absolute Gasteiger partial charge is 0.123 e. The lowest BCUT2D eigenvalue weighted by atomic mass is 10.1. The number of benzene rings is 2. The molecule has 1 heterocycles. The van der Waals surface area contributed by atoms with E-state index in [1.165, 1.54) is 17.7 Å². The van der Waals surface area contributed by atoms with Gasteiger partial charge in [0.25, 0.3) is 0 Å². The second kappa shape index (κ2) is 5.93. The topological polar surface area (TPSA) is 37.3 Å². The number of fused-ring (bicyclic) bond motifs is 1. The van der Waals surface area contributed by atoms with Gasteiger partial charge in [0.15, 0.2) is 0 Å². The van der Waals surface area contributed by atoms with Crippen molar-refractivity contribution in [2.24, 2.45) is 5.10 Å². The van der Waals surface area contributed by atoms with Crippen LogP contribution >= 0.6 is 0 Å². The molecular formula is C18H16FN3. The van der Waals surface area contributed by atoms with Crippen molar-refractivity contribution in [2.75, 3.05) is 5.43 Å². The molecule has 0 fully saturated rings. The van der Waals surface area contributed by atoms with E-state index in [1.54, 1.807) is 18.3 Å². The maximum Gasteiger partial charge on any atom is 0.123 e. The van der Waals surface area contributed by atoms with Crippen molar-refractivity contribution in [3.8, 4) is 0 Å². The van der Waals surface area contributed by atoms with Gasteiger partial charge >= 0.3 is 0 Å². The standard InChI is InChI=1S/C18H16FN3/c1-12-3-8-17-16(9-12)18(10-13(2)21-17)22-20-11-14-4-6-15(19)7-5-14/h3-11H,1-2H3,(H,21,22). The van der Waals surface area contributed by atoms with Crippen LogP contribution in [0.2, 0.25) is 0 Å². The molecule has 0 saturated heterocycles. The van der Waals surface area contributed by atoms with Gasteiger partial charge in [0, 0.05) is 11.1 Å². The average Bonchev–Trinajstić information content (AvgIpc) is 2.50. The highest BCUT2D eigenvalue weighted by molar-refractivity contribution is 5.92. The Hall–Kier alpha value is -2.75. The van der Waals surface area contributed by atoms with Crippen molar-refractivity contribution < 1.29 is 4.39 Å². The number of anilines is 1. The largest absolute Gasteiger partial charge is 0.278 e. The molecule has 0 saturated carbocycles. The summed E-state index contributed by atoms with van der Waals surface area (Å²) in [6, 6.07) is 14.3. The number of aryl methyl sites for hydroxylation is 2. The van der Waals surface area contributed by atoms with Crippen LogP contribution in [0.15, 0.2) is 53.6 Å². The van der Waals surface area contributed by atoms with E-state index in [2.05, 4.69) is 21.6 Å². The molecule has 1 aromatic heterocycles. The lowest BCUT2D eigenvalue weighted by Crippen LogP contribution is -1.95. The summed E-state index contributed by atoms with van der Waals surface area (Å²) < 4.78 is 12.9. The minimum absolute atomic E-state index is 0.253. The summed E-state index contributed by atoms with van der Waals surface area (Å²) in [5.74, 6) is -0.253. The number of hydrazone groups is 1. The van der Waals surface area contributed by atoms with Crippen molar-refractivity contribution in [1.29, 1.82) is 0 Å². The Balaban J connectivity index is 1.90. The Labute approximate surface area is 128 Å². The summed E-state index contributed by atoms with van der Waals surface area (Å²) in [4.78, 5) is 4.52. The molecule has 3 rings (SSSR count). The van der Waals surface area contributed by atoms with Crippen LogP contribution in [0, 0.1) is 19.7 Å². The van der Waals surface area contributed by atoms with Gasteiger partial charge in [-0.2, -0.15) is 5.10 Å². The van der Waals surface area contributed by atoms with E-state index in [4.69, 9.17) is 0 Å². The van der Waals surface area contributed by atoms with Crippen LogP contribution in [0.25, 0.3) is 10.9 Å². The molecule has 0 amide bonds. The van der Waals surface area contributed by atoms with Gasteiger partial charge in [-0.25, -0.2) is 4.39 Å². The fourth-order valence-corrected chi connectivity index (χ4v) is 2.29. The fraction of sp³-hybridized carbons (Fsp3) is 0.111. The van der Waals surface area contributed by atoms with Crippen molar-refractivity contribution in [3.05, 3.63) is 71.2 Å². The highest BCUT2D eigenvalue weighted by Gasteiger charge is 2.03. The SMILES string of the molecule is Cc1ccc2nc(C)cc(NN=Cc3ccc(F)cc3)c2c1. The predicted molar refractivity (Wildman–Crippen MR) is 88.8 cm³/mol. The number of nitrogens with zero attached hydrogens (tertiary/aromatic N) is 2. The Morgan fingerprint density at radius 3 is 2.59 bits per heavy atom. The van der Waals surface area contributed by atoms with Gasteiger partial charge in [-0.1, -0.05) is 23.8 Å². The lowest BCUT2D eigenvalue weighted by molar-refractivity contribution is 0.628.